The number of nitrogens with zero attached hydrogens (tertiary/aromatic N) is 2. The number of aromatic nitrogens is 2. The van der Waals surface area contributed by atoms with E-state index in [0.29, 0.717) is 0 Å². The number of likely N-dealkylation sites (N-methyl/N-ethyl adjacent to an activating group) is 1. The lowest BCUT2D eigenvalue weighted by atomic mass is 9.92. The zero-order valence-electron chi connectivity index (χ0n) is 11.7. The van der Waals surface area contributed by atoms with Crippen LogP contribution < -0.4 is 5.32 Å². The summed E-state index contributed by atoms with van der Waals surface area (Å²) in [5.41, 5.74) is -0.231. The molecule has 2 atom stereocenters. The number of imidazole rings is 1. The minimum atomic E-state index is -0.231. The molecule has 98 valence electrons. The maximum Gasteiger partial charge on any atom is 0.128 e. The zero-order valence-corrected chi connectivity index (χ0v) is 11.7. The highest BCUT2D eigenvalue weighted by atomic mass is 16.5. The summed E-state index contributed by atoms with van der Waals surface area (Å²) in [6.45, 7) is 7.44. The summed E-state index contributed by atoms with van der Waals surface area (Å²) in [4.78, 5) is 4.49. The van der Waals surface area contributed by atoms with Gasteiger partial charge in [0.2, 0.25) is 0 Å². The van der Waals surface area contributed by atoms with Crippen LogP contribution in [0.25, 0.3) is 0 Å². The molecular formula is C13H25N3O. The molecule has 0 amide bonds. The molecule has 1 aromatic rings. The summed E-state index contributed by atoms with van der Waals surface area (Å²) in [5.74, 6) is 1.06. The number of methoxy groups -OCH3 is 1. The van der Waals surface area contributed by atoms with E-state index in [2.05, 4.69) is 35.6 Å². The zero-order chi connectivity index (χ0) is 12.9. The summed E-state index contributed by atoms with van der Waals surface area (Å²) in [6.07, 6.45) is 5.94. The van der Waals surface area contributed by atoms with Crippen LogP contribution in [0.2, 0.25) is 0 Å². The van der Waals surface area contributed by atoms with E-state index in [9.17, 15) is 0 Å². The van der Waals surface area contributed by atoms with Gasteiger partial charge in [0, 0.05) is 26.0 Å². The first kappa shape index (κ1) is 14.2. The summed E-state index contributed by atoms with van der Waals surface area (Å²) in [5, 5.41) is 3.34. The van der Waals surface area contributed by atoms with Gasteiger partial charge in [-0.1, -0.05) is 13.8 Å². The van der Waals surface area contributed by atoms with Crippen LogP contribution in [0, 0.1) is 0 Å². The van der Waals surface area contributed by atoms with Gasteiger partial charge in [-0.3, -0.25) is 0 Å². The van der Waals surface area contributed by atoms with E-state index in [1.807, 2.05) is 19.4 Å². The van der Waals surface area contributed by atoms with Gasteiger partial charge in [0.1, 0.15) is 5.82 Å². The Morgan fingerprint density at radius 3 is 2.71 bits per heavy atom. The molecule has 0 aliphatic rings. The molecule has 0 saturated heterocycles. The van der Waals surface area contributed by atoms with Crippen LogP contribution in [0.3, 0.4) is 0 Å². The van der Waals surface area contributed by atoms with Gasteiger partial charge in [-0.2, -0.15) is 0 Å². The predicted molar refractivity (Wildman–Crippen MR) is 70.0 cm³/mol. The van der Waals surface area contributed by atoms with E-state index in [-0.39, 0.29) is 11.6 Å². The molecule has 0 radical (unpaired) electrons. The van der Waals surface area contributed by atoms with Crippen LogP contribution in [0.1, 0.15) is 45.5 Å². The van der Waals surface area contributed by atoms with Crippen molar-refractivity contribution in [2.24, 2.45) is 0 Å². The van der Waals surface area contributed by atoms with Crippen molar-refractivity contribution in [1.82, 2.24) is 14.9 Å². The Hall–Kier alpha value is -0.870. The van der Waals surface area contributed by atoms with E-state index in [4.69, 9.17) is 4.74 Å². The number of nitrogens with one attached hydrogen (secondary N) is 1. The van der Waals surface area contributed by atoms with Crippen molar-refractivity contribution in [3.8, 4) is 0 Å². The normalized spacial score (nSPS) is 16.8. The SMILES string of the molecule is CCCn1ccnc1C(NC)C(C)(CC)OC. The van der Waals surface area contributed by atoms with Crippen molar-refractivity contribution >= 4 is 0 Å². The summed E-state index contributed by atoms with van der Waals surface area (Å²) in [6, 6.07) is 0.110. The van der Waals surface area contributed by atoms with Gasteiger partial charge in [0.15, 0.2) is 0 Å². The Bertz CT molecular complexity index is 331. The molecule has 4 nitrogen and oxygen atoms in total. The maximum atomic E-state index is 5.68. The van der Waals surface area contributed by atoms with Gasteiger partial charge in [-0.05, 0) is 26.8 Å². The first-order chi connectivity index (χ1) is 8.12. The smallest absolute Gasteiger partial charge is 0.128 e. The molecule has 0 spiro atoms. The van der Waals surface area contributed by atoms with Gasteiger partial charge in [-0.25, -0.2) is 4.98 Å². The molecule has 0 saturated carbocycles. The van der Waals surface area contributed by atoms with Crippen molar-refractivity contribution in [3.05, 3.63) is 18.2 Å². The van der Waals surface area contributed by atoms with E-state index in [0.717, 1.165) is 25.2 Å². The number of aryl methyl sites for hydroxylation is 1. The third kappa shape index (κ3) is 2.87. The van der Waals surface area contributed by atoms with Crippen molar-refractivity contribution in [2.75, 3.05) is 14.2 Å². The lowest BCUT2D eigenvalue weighted by Crippen LogP contribution is -2.42. The van der Waals surface area contributed by atoms with Gasteiger partial charge in [-0.15, -0.1) is 0 Å². The molecule has 1 N–H and O–H groups in total. The average Bonchev–Trinajstić information content (AvgIpc) is 2.78. The standard InChI is InChI=1S/C13H25N3O/c1-6-9-16-10-8-15-12(16)11(14-4)13(3,7-2)17-5/h8,10-11,14H,6-7,9H2,1-5H3. The highest BCUT2D eigenvalue weighted by Crippen LogP contribution is 2.30. The van der Waals surface area contributed by atoms with Crippen molar-refractivity contribution in [3.63, 3.8) is 0 Å². The first-order valence-corrected chi connectivity index (χ1v) is 6.36. The molecule has 1 rings (SSSR count). The molecule has 0 aliphatic carbocycles. The Kier molecular flexibility index (Phi) is 5.15. The van der Waals surface area contributed by atoms with Crippen LogP contribution in [0.4, 0.5) is 0 Å². The molecule has 0 aromatic carbocycles. The van der Waals surface area contributed by atoms with E-state index < -0.39 is 0 Å². The molecule has 0 fully saturated rings. The fourth-order valence-electron chi connectivity index (χ4n) is 2.18. The average molecular weight is 239 g/mol. The van der Waals surface area contributed by atoms with Crippen LogP contribution >= 0.6 is 0 Å². The largest absolute Gasteiger partial charge is 0.376 e. The minimum absolute atomic E-state index is 0.110. The Balaban J connectivity index is 3.04. The second-order valence-corrected chi connectivity index (χ2v) is 4.57. The lowest BCUT2D eigenvalue weighted by molar-refractivity contribution is -0.0311. The van der Waals surface area contributed by atoms with Gasteiger partial charge in [0.25, 0.3) is 0 Å². The van der Waals surface area contributed by atoms with Crippen molar-refractivity contribution < 1.29 is 4.74 Å². The molecule has 4 heteroatoms. The third-order valence-corrected chi connectivity index (χ3v) is 3.54. The Morgan fingerprint density at radius 1 is 1.53 bits per heavy atom. The molecular weight excluding hydrogens is 214 g/mol. The van der Waals surface area contributed by atoms with E-state index in [1.165, 1.54) is 0 Å². The second-order valence-electron chi connectivity index (χ2n) is 4.57. The fraction of sp³-hybridized carbons (Fsp3) is 0.769. The van der Waals surface area contributed by atoms with Gasteiger partial charge in [0.05, 0.1) is 11.6 Å². The number of hydrogen-bond acceptors (Lipinski definition) is 3. The summed E-state index contributed by atoms with van der Waals surface area (Å²) >= 11 is 0. The van der Waals surface area contributed by atoms with Crippen LogP contribution in [-0.4, -0.2) is 29.3 Å². The molecule has 1 aromatic heterocycles. The highest BCUT2D eigenvalue weighted by Gasteiger charge is 2.35. The van der Waals surface area contributed by atoms with Gasteiger partial charge < -0.3 is 14.6 Å². The summed E-state index contributed by atoms with van der Waals surface area (Å²) < 4.78 is 7.88. The maximum absolute atomic E-state index is 5.68. The van der Waals surface area contributed by atoms with Crippen molar-refractivity contribution in [1.29, 1.82) is 0 Å². The van der Waals surface area contributed by atoms with Crippen molar-refractivity contribution in [2.45, 2.75) is 51.8 Å². The topological polar surface area (TPSA) is 39.1 Å². The molecule has 1 heterocycles. The van der Waals surface area contributed by atoms with E-state index >= 15 is 0 Å². The molecule has 2 unspecified atom stereocenters. The van der Waals surface area contributed by atoms with Crippen LogP contribution in [-0.2, 0) is 11.3 Å². The quantitative estimate of drug-likeness (QED) is 0.794. The van der Waals surface area contributed by atoms with E-state index in [1.54, 1.807) is 7.11 Å². The summed E-state index contributed by atoms with van der Waals surface area (Å²) in [7, 11) is 3.73. The number of rotatable bonds is 7. The molecule has 0 bridgehead atoms. The first-order valence-electron chi connectivity index (χ1n) is 6.36. The second kappa shape index (κ2) is 6.17. The molecule has 17 heavy (non-hydrogen) atoms. The molecule has 0 aliphatic heterocycles. The Morgan fingerprint density at radius 2 is 2.24 bits per heavy atom. The monoisotopic (exact) mass is 239 g/mol. The highest BCUT2D eigenvalue weighted by molar-refractivity contribution is 5.06. The third-order valence-electron chi connectivity index (χ3n) is 3.54. The van der Waals surface area contributed by atoms with Crippen LogP contribution in [0.15, 0.2) is 12.4 Å². The lowest BCUT2D eigenvalue weighted by Gasteiger charge is -2.35. The van der Waals surface area contributed by atoms with Gasteiger partial charge >= 0.3 is 0 Å². The number of ether oxygens (including phenoxy) is 1. The fourth-order valence-corrected chi connectivity index (χ4v) is 2.18. The minimum Gasteiger partial charge on any atom is -0.376 e. The number of hydrogen-bond donors (Lipinski definition) is 1. The Labute approximate surface area is 104 Å². The van der Waals surface area contributed by atoms with Crippen LogP contribution in [0.5, 0.6) is 0 Å². The predicted octanol–water partition coefficient (Wildman–Crippen LogP) is 2.37.